The number of hydrogen-bond acceptors (Lipinski definition) is 4. The molecule has 0 saturated carbocycles. The molecule has 0 fully saturated rings. The molecule has 0 bridgehead atoms. The van der Waals surface area contributed by atoms with Crippen molar-refractivity contribution in [3.05, 3.63) is 47.5 Å². The number of benzene rings is 2. The van der Waals surface area contributed by atoms with E-state index in [1.807, 2.05) is 31.2 Å². The average Bonchev–Trinajstić information content (AvgIpc) is 2.67. The predicted octanol–water partition coefficient (Wildman–Crippen LogP) is 5.17. The molecule has 0 unspecified atom stereocenters. The summed E-state index contributed by atoms with van der Waals surface area (Å²) in [6.45, 7) is 7.66. The molecule has 0 spiro atoms. The monoisotopic (exact) mass is 417 g/mol. The van der Waals surface area contributed by atoms with Crippen molar-refractivity contribution in [1.82, 2.24) is 0 Å². The smallest absolute Gasteiger partial charge is 0.335 e. The third-order valence-corrected chi connectivity index (χ3v) is 6.17. The zero-order valence-electron chi connectivity index (χ0n) is 17.7. The lowest BCUT2D eigenvalue weighted by Gasteiger charge is -2.29. The summed E-state index contributed by atoms with van der Waals surface area (Å²) in [5.41, 5.74) is 3.05. The van der Waals surface area contributed by atoms with E-state index >= 15 is 0 Å². The maximum Gasteiger partial charge on any atom is 0.335 e. The number of carbonyl (C=O) groups is 1. The zero-order chi connectivity index (χ0) is 21.6. The van der Waals surface area contributed by atoms with Crippen LogP contribution in [0.1, 0.15) is 55.5 Å². The average molecular weight is 418 g/mol. The molecule has 0 atom stereocenters. The summed E-state index contributed by atoms with van der Waals surface area (Å²) >= 11 is 0. The van der Waals surface area contributed by atoms with Crippen LogP contribution in [-0.2, 0) is 9.84 Å². The highest BCUT2D eigenvalue weighted by Gasteiger charge is 2.25. The Bertz CT molecular complexity index is 959. The lowest BCUT2D eigenvalue weighted by molar-refractivity contribution is 0.0696. The Labute approximate surface area is 174 Å². The fourth-order valence-corrected chi connectivity index (χ4v) is 4.37. The molecule has 0 aliphatic rings. The van der Waals surface area contributed by atoms with Crippen LogP contribution in [0.4, 0.5) is 5.69 Å². The van der Waals surface area contributed by atoms with Gasteiger partial charge >= 0.3 is 5.97 Å². The zero-order valence-corrected chi connectivity index (χ0v) is 18.6. The van der Waals surface area contributed by atoms with Gasteiger partial charge in [-0.2, -0.15) is 0 Å². The van der Waals surface area contributed by atoms with Gasteiger partial charge in [0.1, 0.15) is 0 Å². The molecule has 1 N–H and O–H groups in total. The molecule has 0 aliphatic carbocycles. The first-order valence-corrected chi connectivity index (χ1v) is 12.0. The van der Waals surface area contributed by atoms with Gasteiger partial charge in [-0.3, -0.25) is 0 Å². The normalized spacial score (nSPS) is 11.4. The Morgan fingerprint density at radius 2 is 1.62 bits per heavy atom. The number of anilines is 1. The first-order chi connectivity index (χ1) is 13.7. The summed E-state index contributed by atoms with van der Waals surface area (Å²) in [5, 5.41) is 9.64. The van der Waals surface area contributed by atoms with E-state index < -0.39 is 15.8 Å². The molecule has 6 heteroatoms. The number of carboxylic acid groups (broad SMARTS) is 1. The van der Waals surface area contributed by atoms with Crippen molar-refractivity contribution in [3.63, 3.8) is 0 Å². The lowest BCUT2D eigenvalue weighted by Crippen LogP contribution is -2.27. The van der Waals surface area contributed by atoms with Crippen molar-refractivity contribution < 1.29 is 18.3 Å². The van der Waals surface area contributed by atoms with Crippen LogP contribution in [0.25, 0.3) is 11.1 Å². The number of aryl methyl sites for hydroxylation is 1. The van der Waals surface area contributed by atoms with Crippen LogP contribution in [0.2, 0.25) is 0 Å². The minimum absolute atomic E-state index is 0.00393. The van der Waals surface area contributed by atoms with Crippen LogP contribution in [0.3, 0.4) is 0 Å². The highest BCUT2D eigenvalue weighted by molar-refractivity contribution is 7.90. The highest BCUT2D eigenvalue weighted by atomic mass is 32.2. The molecule has 0 aromatic heterocycles. The summed E-state index contributed by atoms with van der Waals surface area (Å²) < 4.78 is 25.4. The Morgan fingerprint density at radius 1 is 1.03 bits per heavy atom. The van der Waals surface area contributed by atoms with Crippen LogP contribution in [0.5, 0.6) is 0 Å². The molecule has 0 radical (unpaired) electrons. The van der Waals surface area contributed by atoms with Gasteiger partial charge in [0.15, 0.2) is 9.84 Å². The van der Waals surface area contributed by atoms with Gasteiger partial charge in [-0.1, -0.05) is 51.0 Å². The molecule has 2 rings (SSSR count). The number of rotatable bonds is 10. The van der Waals surface area contributed by atoms with Crippen LogP contribution in [-0.4, -0.2) is 38.8 Å². The van der Waals surface area contributed by atoms with Crippen LogP contribution >= 0.6 is 0 Å². The minimum atomic E-state index is -3.64. The van der Waals surface area contributed by atoms with E-state index in [2.05, 4.69) is 18.7 Å². The molecular weight excluding hydrogens is 386 g/mol. The van der Waals surface area contributed by atoms with Crippen LogP contribution in [0, 0.1) is 6.92 Å². The van der Waals surface area contributed by atoms with Gasteiger partial charge in [0.05, 0.1) is 10.5 Å². The van der Waals surface area contributed by atoms with E-state index in [1.54, 1.807) is 6.07 Å². The van der Waals surface area contributed by atoms with E-state index in [1.165, 1.54) is 6.07 Å². The molecular formula is C23H31NO4S. The summed E-state index contributed by atoms with van der Waals surface area (Å²) in [5.74, 6) is -1.13. The second-order valence-corrected chi connectivity index (χ2v) is 9.44. The molecule has 0 heterocycles. The molecule has 158 valence electrons. The maximum atomic E-state index is 12.7. The van der Waals surface area contributed by atoms with Crippen molar-refractivity contribution >= 4 is 21.5 Å². The predicted molar refractivity (Wildman–Crippen MR) is 119 cm³/mol. The van der Waals surface area contributed by atoms with Crippen LogP contribution in [0.15, 0.2) is 41.3 Å². The number of unbranched alkanes of at least 4 members (excludes halogenated alkanes) is 2. The summed E-state index contributed by atoms with van der Waals surface area (Å²) in [4.78, 5) is 14.0. The number of sulfone groups is 1. The SMILES string of the molecule is CCCCN(CCCC)c1cc(C(=O)O)cc(S(C)(=O)=O)c1-c1ccccc1C. The fourth-order valence-electron chi connectivity index (χ4n) is 3.44. The topological polar surface area (TPSA) is 74.7 Å². The summed E-state index contributed by atoms with van der Waals surface area (Å²) in [6.07, 6.45) is 5.03. The molecule has 2 aromatic carbocycles. The number of aromatic carboxylic acids is 1. The molecule has 29 heavy (non-hydrogen) atoms. The van der Waals surface area contributed by atoms with Crippen molar-refractivity contribution in [2.75, 3.05) is 24.2 Å². The molecule has 0 aliphatic heterocycles. The Balaban J connectivity index is 2.89. The molecule has 2 aromatic rings. The van der Waals surface area contributed by atoms with Crippen molar-refractivity contribution in [1.29, 1.82) is 0 Å². The fraction of sp³-hybridized carbons (Fsp3) is 0.435. The second kappa shape index (κ2) is 9.92. The van der Waals surface area contributed by atoms with Gasteiger partial charge in [0.25, 0.3) is 0 Å². The summed E-state index contributed by atoms with van der Waals surface area (Å²) in [6, 6.07) is 10.6. The summed E-state index contributed by atoms with van der Waals surface area (Å²) in [7, 11) is -3.64. The molecule has 5 nitrogen and oxygen atoms in total. The van der Waals surface area contributed by atoms with Crippen molar-refractivity contribution in [3.8, 4) is 11.1 Å². The standard InChI is InChI=1S/C23H31NO4S/c1-5-7-13-24(14-8-6-2)20-15-18(23(25)26)16-21(29(4,27)28)22(20)19-12-10-9-11-17(19)3/h9-12,15-16H,5-8,13-14H2,1-4H3,(H,25,26). The van der Waals surface area contributed by atoms with Gasteiger partial charge in [0, 0.05) is 30.6 Å². The third-order valence-electron chi connectivity index (χ3n) is 5.05. The van der Waals surface area contributed by atoms with Crippen LogP contribution < -0.4 is 4.90 Å². The van der Waals surface area contributed by atoms with E-state index in [-0.39, 0.29) is 10.5 Å². The molecule has 0 amide bonds. The van der Waals surface area contributed by atoms with Crippen molar-refractivity contribution in [2.24, 2.45) is 0 Å². The van der Waals surface area contributed by atoms with Gasteiger partial charge in [-0.25, -0.2) is 13.2 Å². The number of hydrogen-bond donors (Lipinski definition) is 1. The first-order valence-electron chi connectivity index (χ1n) is 10.1. The minimum Gasteiger partial charge on any atom is -0.478 e. The van der Waals surface area contributed by atoms with Gasteiger partial charge in [0.2, 0.25) is 0 Å². The Morgan fingerprint density at radius 3 is 2.10 bits per heavy atom. The van der Waals surface area contributed by atoms with E-state index in [4.69, 9.17) is 0 Å². The van der Waals surface area contributed by atoms with Gasteiger partial charge < -0.3 is 10.0 Å². The van der Waals surface area contributed by atoms with E-state index in [0.717, 1.165) is 56.2 Å². The van der Waals surface area contributed by atoms with Gasteiger partial charge in [-0.15, -0.1) is 0 Å². The largest absolute Gasteiger partial charge is 0.478 e. The Kier molecular flexibility index (Phi) is 7.85. The first kappa shape index (κ1) is 22.9. The van der Waals surface area contributed by atoms with E-state index in [0.29, 0.717) is 11.3 Å². The second-order valence-electron chi connectivity index (χ2n) is 7.45. The number of carboxylic acids is 1. The third kappa shape index (κ3) is 5.60. The van der Waals surface area contributed by atoms with Gasteiger partial charge in [-0.05, 0) is 43.0 Å². The van der Waals surface area contributed by atoms with Crippen molar-refractivity contribution in [2.45, 2.75) is 51.3 Å². The Hall–Kier alpha value is -2.34. The lowest BCUT2D eigenvalue weighted by atomic mass is 9.96. The quantitative estimate of drug-likeness (QED) is 0.577. The maximum absolute atomic E-state index is 12.7. The number of nitrogens with zero attached hydrogens (tertiary/aromatic N) is 1. The highest BCUT2D eigenvalue weighted by Crippen LogP contribution is 2.40. The van der Waals surface area contributed by atoms with E-state index in [9.17, 15) is 18.3 Å². The molecule has 0 saturated heterocycles.